The Kier molecular flexibility index (Phi) is 13.7. The monoisotopic (exact) mass is 498 g/mol. The van der Waals surface area contributed by atoms with Crippen LogP contribution in [0.4, 0.5) is 0 Å². The van der Waals surface area contributed by atoms with Crippen LogP contribution >= 0.6 is 24.0 Å². The van der Waals surface area contributed by atoms with Crippen LogP contribution in [0.25, 0.3) is 0 Å². The summed E-state index contributed by atoms with van der Waals surface area (Å²) in [5, 5.41) is 6.45. The van der Waals surface area contributed by atoms with Gasteiger partial charge in [0.25, 0.3) is 0 Å². The molecule has 26 heavy (non-hydrogen) atoms. The Hall–Kier alpha value is -0.910. The number of rotatable bonds is 11. The predicted molar refractivity (Wildman–Crippen MR) is 117 cm³/mol. The van der Waals surface area contributed by atoms with Crippen LogP contribution in [-0.2, 0) is 21.3 Å². The van der Waals surface area contributed by atoms with Crippen molar-refractivity contribution in [2.75, 3.05) is 33.4 Å². The molecule has 1 aromatic rings. The van der Waals surface area contributed by atoms with Crippen LogP contribution < -0.4 is 15.4 Å². The van der Waals surface area contributed by atoms with E-state index in [1.54, 1.807) is 18.2 Å². The molecule has 0 saturated heterocycles. The van der Waals surface area contributed by atoms with Crippen molar-refractivity contribution in [3.8, 4) is 0 Å². The van der Waals surface area contributed by atoms with Crippen molar-refractivity contribution < 1.29 is 13.2 Å². The predicted octanol–water partition coefficient (Wildman–Crippen LogP) is 2.08. The maximum atomic E-state index is 12.2. The van der Waals surface area contributed by atoms with Gasteiger partial charge < -0.3 is 15.4 Å². The molecule has 7 nitrogen and oxygen atoms in total. The number of halogens is 1. The Labute approximate surface area is 174 Å². The summed E-state index contributed by atoms with van der Waals surface area (Å²) in [6, 6.07) is 6.82. The number of hydrogen-bond donors (Lipinski definition) is 3. The van der Waals surface area contributed by atoms with Crippen LogP contribution in [0.1, 0.15) is 32.3 Å². The first-order valence-electron chi connectivity index (χ1n) is 8.63. The first kappa shape index (κ1) is 25.1. The van der Waals surface area contributed by atoms with Gasteiger partial charge in [0, 0.05) is 26.7 Å². The third-order valence-electron chi connectivity index (χ3n) is 3.39. The second-order valence-electron chi connectivity index (χ2n) is 5.51. The summed E-state index contributed by atoms with van der Waals surface area (Å²) in [5.74, 6) is 0.738. The van der Waals surface area contributed by atoms with Crippen molar-refractivity contribution in [3.63, 3.8) is 0 Å². The lowest BCUT2D eigenvalue weighted by molar-refractivity contribution is 0.204. The molecule has 150 valence electrons. The molecule has 0 unspecified atom stereocenters. The summed E-state index contributed by atoms with van der Waals surface area (Å²) in [5.41, 5.74) is 0.835. The van der Waals surface area contributed by atoms with E-state index in [1.807, 2.05) is 13.0 Å². The van der Waals surface area contributed by atoms with Gasteiger partial charge in [0.05, 0.1) is 18.0 Å². The van der Waals surface area contributed by atoms with E-state index in [2.05, 4.69) is 27.3 Å². The Balaban J connectivity index is 0.00000625. The molecular formula is C17H31IN4O3S. The molecule has 0 aliphatic heterocycles. The topological polar surface area (TPSA) is 91.8 Å². The van der Waals surface area contributed by atoms with Gasteiger partial charge in [-0.25, -0.2) is 18.1 Å². The van der Waals surface area contributed by atoms with Gasteiger partial charge in [0.2, 0.25) is 10.0 Å². The van der Waals surface area contributed by atoms with Crippen molar-refractivity contribution in [1.82, 2.24) is 15.4 Å². The van der Waals surface area contributed by atoms with Crippen LogP contribution in [0.15, 0.2) is 34.2 Å². The number of guanidine groups is 1. The molecule has 1 rings (SSSR count). The Morgan fingerprint density at radius 3 is 2.62 bits per heavy atom. The number of methoxy groups -OCH3 is 1. The molecule has 0 aromatic heterocycles. The smallest absolute Gasteiger partial charge is 0.240 e. The lowest BCUT2D eigenvalue weighted by Crippen LogP contribution is -2.37. The number of benzene rings is 1. The van der Waals surface area contributed by atoms with E-state index in [9.17, 15) is 8.42 Å². The molecule has 0 aliphatic carbocycles. The maximum absolute atomic E-state index is 12.2. The molecule has 0 saturated carbocycles. The number of nitrogens with one attached hydrogen (secondary N) is 3. The fraction of sp³-hybridized carbons (Fsp3) is 0.588. The van der Waals surface area contributed by atoms with E-state index < -0.39 is 10.0 Å². The molecular weight excluding hydrogens is 467 g/mol. The first-order chi connectivity index (χ1) is 12.0. The van der Waals surface area contributed by atoms with Gasteiger partial charge in [-0.1, -0.05) is 25.5 Å². The van der Waals surface area contributed by atoms with Crippen LogP contribution in [-0.4, -0.2) is 47.7 Å². The number of aliphatic imine (C=N–C) groups is 1. The van der Waals surface area contributed by atoms with E-state index in [0.717, 1.165) is 37.5 Å². The number of unbranched alkanes of at least 4 members (excludes halogenated alkanes) is 1. The molecule has 0 bridgehead atoms. The lowest BCUT2D eigenvalue weighted by atomic mass is 10.2. The molecule has 0 radical (unpaired) electrons. The summed E-state index contributed by atoms with van der Waals surface area (Å²) in [6.45, 7) is 6.76. The van der Waals surface area contributed by atoms with Gasteiger partial charge in [0.1, 0.15) is 0 Å². The van der Waals surface area contributed by atoms with E-state index in [0.29, 0.717) is 13.2 Å². The van der Waals surface area contributed by atoms with Crippen LogP contribution in [0.5, 0.6) is 0 Å². The molecule has 0 spiro atoms. The summed E-state index contributed by atoms with van der Waals surface area (Å²) in [6.07, 6.45) is 2.19. The van der Waals surface area contributed by atoms with Crippen molar-refractivity contribution >= 4 is 40.0 Å². The molecule has 3 N–H and O–H groups in total. The summed E-state index contributed by atoms with van der Waals surface area (Å²) >= 11 is 0. The van der Waals surface area contributed by atoms with Crippen molar-refractivity contribution in [1.29, 1.82) is 0 Å². The minimum absolute atomic E-state index is 0. The van der Waals surface area contributed by atoms with Gasteiger partial charge in [-0.15, -0.1) is 24.0 Å². The molecule has 9 heteroatoms. The summed E-state index contributed by atoms with van der Waals surface area (Å²) in [4.78, 5) is 4.75. The van der Waals surface area contributed by atoms with Gasteiger partial charge in [0.15, 0.2) is 5.96 Å². The second kappa shape index (κ2) is 14.2. The zero-order chi connectivity index (χ0) is 18.5. The third-order valence-corrected chi connectivity index (χ3v) is 4.85. The number of sulfonamides is 1. The molecule has 0 heterocycles. The fourth-order valence-corrected chi connectivity index (χ4v) is 3.15. The van der Waals surface area contributed by atoms with E-state index in [4.69, 9.17) is 4.74 Å². The fourth-order valence-electron chi connectivity index (χ4n) is 2.07. The van der Waals surface area contributed by atoms with Gasteiger partial charge in [-0.05, 0) is 31.0 Å². The van der Waals surface area contributed by atoms with E-state index in [1.165, 1.54) is 7.11 Å². The quantitative estimate of drug-likeness (QED) is 0.188. The Morgan fingerprint density at radius 1 is 1.19 bits per heavy atom. The minimum atomic E-state index is -3.53. The van der Waals surface area contributed by atoms with Crippen LogP contribution in [0, 0.1) is 0 Å². The number of nitrogens with zero attached hydrogens (tertiary/aromatic N) is 1. The van der Waals surface area contributed by atoms with Crippen molar-refractivity contribution in [3.05, 3.63) is 29.8 Å². The van der Waals surface area contributed by atoms with Crippen molar-refractivity contribution in [2.45, 2.75) is 38.1 Å². The minimum Gasteiger partial charge on any atom is -0.383 e. The Bertz CT molecular complexity index is 639. The maximum Gasteiger partial charge on any atom is 0.240 e. The normalized spacial score (nSPS) is 11.7. The summed E-state index contributed by atoms with van der Waals surface area (Å²) < 4.78 is 31.9. The highest BCUT2D eigenvalue weighted by molar-refractivity contribution is 14.0. The van der Waals surface area contributed by atoms with Gasteiger partial charge >= 0.3 is 0 Å². The average molecular weight is 498 g/mol. The molecule has 1 aromatic carbocycles. The SMILES string of the molecule is CCCCNC(=NCc1cccc(S(=O)(=O)NCCOC)c1)NCC.I. The summed E-state index contributed by atoms with van der Waals surface area (Å²) in [7, 11) is -2.00. The second-order valence-corrected chi connectivity index (χ2v) is 7.28. The average Bonchev–Trinajstić information content (AvgIpc) is 2.60. The highest BCUT2D eigenvalue weighted by Crippen LogP contribution is 2.12. The molecule has 0 aliphatic rings. The number of hydrogen-bond acceptors (Lipinski definition) is 4. The highest BCUT2D eigenvalue weighted by atomic mass is 127. The van der Waals surface area contributed by atoms with Crippen LogP contribution in [0.2, 0.25) is 0 Å². The first-order valence-corrected chi connectivity index (χ1v) is 10.1. The largest absolute Gasteiger partial charge is 0.383 e. The van der Waals surface area contributed by atoms with Crippen LogP contribution in [0.3, 0.4) is 0 Å². The Morgan fingerprint density at radius 2 is 1.96 bits per heavy atom. The lowest BCUT2D eigenvalue weighted by Gasteiger charge is -2.11. The zero-order valence-electron chi connectivity index (χ0n) is 15.7. The van der Waals surface area contributed by atoms with Gasteiger partial charge in [-0.3, -0.25) is 0 Å². The number of ether oxygens (including phenoxy) is 1. The van der Waals surface area contributed by atoms with Crippen molar-refractivity contribution in [2.24, 2.45) is 4.99 Å². The molecule has 0 fully saturated rings. The molecule has 0 amide bonds. The highest BCUT2D eigenvalue weighted by Gasteiger charge is 2.13. The molecule has 0 atom stereocenters. The van der Waals surface area contributed by atoms with E-state index in [-0.39, 0.29) is 35.4 Å². The van der Waals surface area contributed by atoms with Gasteiger partial charge in [-0.2, -0.15) is 0 Å². The van der Waals surface area contributed by atoms with E-state index >= 15 is 0 Å². The standard InChI is InChI=1S/C17H30N4O3S.HI/c1-4-6-10-19-17(18-5-2)20-14-15-8-7-9-16(13-15)25(22,23)21-11-12-24-3;/h7-9,13,21H,4-6,10-12,14H2,1-3H3,(H2,18,19,20);1H. The third kappa shape index (κ3) is 9.70. The zero-order valence-corrected chi connectivity index (χ0v) is 18.9.